The first-order chi connectivity index (χ1) is 13.7. The van der Waals surface area contributed by atoms with Crippen molar-refractivity contribution in [3.63, 3.8) is 0 Å². The fourth-order valence-electron chi connectivity index (χ4n) is 2.89. The maximum Gasteiger partial charge on any atom is 0.338 e. The molecule has 4 nitrogen and oxygen atoms in total. The Kier molecular flexibility index (Phi) is 6.39. The van der Waals surface area contributed by atoms with Crippen LogP contribution in [0.5, 0.6) is 5.75 Å². The predicted molar refractivity (Wildman–Crippen MR) is 113 cm³/mol. The third-order valence-electron chi connectivity index (χ3n) is 4.22. The van der Waals surface area contributed by atoms with Crippen LogP contribution in [0.3, 0.4) is 0 Å². The van der Waals surface area contributed by atoms with Crippen molar-refractivity contribution in [1.29, 1.82) is 0 Å². The number of halogens is 4. The van der Waals surface area contributed by atoms with Gasteiger partial charge in [-0.3, -0.25) is 4.79 Å². The first kappa shape index (κ1) is 21.5. The molecule has 8 heteroatoms. The van der Waals surface area contributed by atoms with E-state index in [4.69, 9.17) is 51.1 Å². The number of carboxylic acids is 1. The van der Waals surface area contributed by atoms with E-state index in [1.807, 2.05) is 0 Å². The molecule has 148 valence electrons. The van der Waals surface area contributed by atoms with Gasteiger partial charge in [-0.25, -0.2) is 4.79 Å². The molecule has 0 radical (unpaired) electrons. The highest BCUT2D eigenvalue weighted by Gasteiger charge is 2.52. The van der Waals surface area contributed by atoms with Crippen LogP contribution in [0, 0.1) is 0 Å². The standard InChI is InChI=1S/C21H12Cl4O4/c22-14-3-1-12(2-4-14)21(19(26)27,13-9-16(24)11-17(25)10-13)20(28)29-18-7-5-15(23)6-8-18/h1-11H,(H,26,27). The summed E-state index contributed by atoms with van der Waals surface area (Å²) in [6.45, 7) is 0. The van der Waals surface area contributed by atoms with Crippen molar-refractivity contribution < 1.29 is 19.4 Å². The molecule has 0 aromatic heterocycles. The van der Waals surface area contributed by atoms with Crippen molar-refractivity contribution >= 4 is 58.3 Å². The lowest BCUT2D eigenvalue weighted by Crippen LogP contribution is -2.47. The Morgan fingerprint density at radius 1 is 0.690 bits per heavy atom. The van der Waals surface area contributed by atoms with Crippen LogP contribution in [0.4, 0.5) is 0 Å². The maximum atomic E-state index is 13.3. The SMILES string of the molecule is O=C(O)C(C(=O)Oc1ccc(Cl)cc1)(c1ccc(Cl)cc1)c1cc(Cl)cc(Cl)c1. The maximum absolute atomic E-state index is 13.3. The molecule has 0 aliphatic rings. The Balaban J connectivity index is 2.23. The Hall–Kier alpha value is -2.24. The zero-order valence-corrected chi connectivity index (χ0v) is 17.6. The summed E-state index contributed by atoms with van der Waals surface area (Å²) >= 11 is 24.0. The van der Waals surface area contributed by atoms with Crippen LogP contribution < -0.4 is 4.74 Å². The minimum absolute atomic E-state index is 0.0452. The monoisotopic (exact) mass is 468 g/mol. The Bertz CT molecular complexity index is 1040. The van der Waals surface area contributed by atoms with Crippen LogP contribution in [-0.2, 0) is 15.0 Å². The van der Waals surface area contributed by atoms with E-state index in [0.29, 0.717) is 10.0 Å². The van der Waals surface area contributed by atoms with Gasteiger partial charge in [0.1, 0.15) is 5.75 Å². The van der Waals surface area contributed by atoms with E-state index in [1.54, 1.807) is 0 Å². The van der Waals surface area contributed by atoms with E-state index < -0.39 is 17.4 Å². The molecule has 0 fully saturated rings. The molecule has 0 amide bonds. The largest absolute Gasteiger partial charge is 0.480 e. The molecule has 0 aliphatic heterocycles. The number of carbonyl (C=O) groups is 2. The molecule has 0 aliphatic carbocycles. The average molecular weight is 470 g/mol. The molecule has 0 heterocycles. The lowest BCUT2D eigenvalue weighted by molar-refractivity contribution is -0.153. The van der Waals surface area contributed by atoms with Gasteiger partial charge in [-0.05, 0) is 65.7 Å². The molecular formula is C21H12Cl4O4. The summed E-state index contributed by atoms with van der Waals surface area (Å²) in [6.07, 6.45) is 0. The normalized spacial score (nSPS) is 12.8. The summed E-state index contributed by atoms with van der Waals surface area (Å²) in [7, 11) is 0. The van der Waals surface area contributed by atoms with Crippen molar-refractivity contribution in [2.24, 2.45) is 0 Å². The number of aliphatic carboxylic acids is 1. The molecule has 3 aromatic rings. The first-order valence-electron chi connectivity index (χ1n) is 8.17. The van der Waals surface area contributed by atoms with Gasteiger partial charge in [0.25, 0.3) is 0 Å². The summed E-state index contributed by atoms with van der Waals surface area (Å²) in [5, 5.41) is 11.4. The van der Waals surface area contributed by atoms with Gasteiger partial charge >= 0.3 is 11.9 Å². The number of benzene rings is 3. The van der Waals surface area contributed by atoms with Gasteiger partial charge in [-0.2, -0.15) is 0 Å². The van der Waals surface area contributed by atoms with Crippen LogP contribution in [0.15, 0.2) is 66.7 Å². The number of hydrogen-bond acceptors (Lipinski definition) is 3. The van der Waals surface area contributed by atoms with Crippen molar-refractivity contribution in [3.8, 4) is 5.75 Å². The molecule has 1 unspecified atom stereocenters. The zero-order valence-electron chi connectivity index (χ0n) is 14.5. The van der Waals surface area contributed by atoms with E-state index in [2.05, 4.69) is 0 Å². The lowest BCUT2D eigenvalue weighted by Gasteiger charge is -2.28. The minimum Gasteiger partial charge on any atom is -0.480 e. The predicted octanol–water partition coefficient (Wildman–Crippen LogP) is 6.28. The molecule has 0 spiro atoms. The number of hydrogen-bond donors (Lipinski definition) is 1. The number of ether oxygens (including phenoxy) is 1. The second-order valence-corrected chi connectivity index (χ2v) is 7.81. The smallest absolute Gasteiger partial charge is 0.338 e. The van der Waals surface area contributed by atoms with Crippen LogP contribution in [0.2, 0.25) is 20.1 Å². The highest BCUT2D eigenvalue weighted by molar-refractivity contribution is 6.35. The zero-order chi connectivity index (χ0) is 21.2. The van der Waals surface area contributed by atoms with Crippen molar-refractivity contribution in [3.05, 3.63) is 97.9 Å². The number of carboxylic acid groups (broad SMARTS) is 1. The van der Waals surface area contributed by atoms with E-state index in [1.165, 1.54) is 66.7 Å². The Morgan fingerprint density at radius 3 is 1.66 bits per heavy atom. The molecule has 0 bridgehead atoms. The number of rotatable bonds is 5. The minimum atomic E-state index is -2.24. The van der Waals surface area contributed by atoms with Crippen LogP contribution in [0.25, 0.3) is 0 Å². The third kappa shape index (κ3) is 4.36. The molecule has 29 heavy (non-hydrogen) atoms. The molecule has 0 saturated carbocycles. The highest BCUT2D eigenvalue weighted by Crippen LogP contribution is 2.38. The van der Waals surface area contributed by atoms with Gasteiger partial charge in [-0.1, -0.05) is 58.5 Å². The van der Waals surface area contributed by atoms with Gasteiger partial charge in [0.05, 0.1) is 0 Å². The summed E-state index contributed by atoms with van der Waals surface area (Å²) in [4.78, 5) is 25.9. The van der Waals surface area contributed by atoms with E-state index in [-0.39, 0.29) is 26.9 Å². The molecular weight excluding hydrogens is 458 g/mol. The van der Waals surface area contributed by atoms with E-state index in [9.17, 15) is 14.7 Å². The summed E-state index contributed by atoms with van der Waals surface area (Å²) in [6, 6.07) is 16.0. The summed E-state index contributed by atoms with van der Waals surface area (Å²) in [5.74, 6) is -2.38. The molecule has 1 atom stereocenters. The summed E-state index contributed by atoms with van der Waals surface area (Å²) in [5.41, 5.74) is -2.06. The Labute approximate surface area is 186 Å². The highest BCUT2D eigenvalue weighted by atomic mass is 35.5. The van der Waals surface area contributed by atoms with Gasteiger partial charge in [0.2, 0.25) is 5.41 Å². The van der Waals surface area contributed by atoms with Gasteiger partial charge in [0.15, 0.2) is 0 Å². The number of carbonyl (C=O) groups excluding carboxylic acids is 1. The first-order valence-corrected chi connectivity index (χ1v) is 9.68. The topological polar surface area (TPSA) is 63.6 Å². The van der Waals surface area contributed by atoms with Crippen LogP contribution >= 0.6 is 46.4 Å². The Morgan fingerprint density at radius 2 is 1.17 bits per heavy atom. The van der Waals surface area contributed by atoms with Crippen LogP contribution in [-0.4, -0.2) is 17.0 Å². The molecule has 0 saturated heterocycles. The second kappa shape index (κ2) is 8.64. The van der Waals surface area contributed by atoms with E-state index in [0.717, 1.165) is 0 Å². The molecule has 3 rings (SSSR count). The lowest BCUT2D eigenvalue weighted by atomic mass is 9.74. The molecule has 3 aromatic carbocycles. The molecule has 1 N–H and O–H groups in total. The van der Waals surface area contributed by atoms with Crippen molar-refractivity contribution in [2.45, 2.75) is 5.41 Å². The van der Waals surface area contributed by atoms with E-state index >= 15 is 0 Å². The fraction of sp³-hybridized carbons (Fsp3) is 0.0476. The van der Waals surface area contributed by atoms with Gasteiger partial charge < -0.3 is 9.84 Å². The summed E-state index contributed by atoms with van der Waals surface area (Å²) < 4.78 is 5.42. The second-order valence-electron chi connectivity index (χ2n) is 6.06. The number of esters is 1. The van der Waals surface area contributed by atoms with Crippen molar-refractivity contribution in [2.75, 3.05) is 0 Å². The van der Waals surface area contributed by atoms with Gasteiger partial charge in [0, 0.05) is 20.1 Å². The third-order valence-corrected chi connectivity index (χ3v) is 5.16. The fourth-order valence-corrected chi connectivity index (χ4v) is 3.67. The van der Waals surface area contributed by atoms with Gasteiger partial charge in [-0.15, -0.1) is 0 Å². The van der Waals surface area contributed by atoms with Crippen molar-refractivity contribution in [1.82, 2.24) is 0 Å². The average Bonchev–Trinajstić information content (AvgIpc) is 2.64. The van der Waals surface area contributed by atoms with Crippen LogP contribution in [0.1, 0.15) is 11.1 Å². The quantitative estimate of drug-likeness (QED) is 0.271.